The molecule has 0 saturated carbocycles. The maximum absolute atomic E-state index is 12.2. The highest BCUT2D eigenvalue weighted by atomic mass is 32.2. The fraction of sp³-hybridized carbons (Fsp3) is 0.273. The quantitative estimate of drug-likeness (QED) is 0.544. The Kier molecular flexibility index (Phi) is 7.24. The molecule has 0 spiro atoms. The Morgan fingerprint density at radius 3 is 2.33 bits per heavy atom. The number of carbonyl (C=O) groups excluding carboxylic acids is 2. The SMILES string of the molecule is Cc1cccc(C)c1NC(=O)CNC(=O)CSc1nnc(C)n1Cc1ccccc1. The van der Waals surface area contributed by atoms with Crippen molar-refractivity contribution in [3.63, 3.8) is 0 Å². The summed E-state index contributed by atoms with van der Waals surface area (Å²) in [4.78, 5) is 24.4. The number of thioether (sulfide) groups is 1. The van der Waals surface area contributed by atoms with E-state index in [1.807, 2.05) is 73.9 Å². The fourth-order valence-electron chi connectivity index (χ4n) is 2.97. The molecule has 0 aliphatic carbocycles. The molecular formula is C22H25N5O2S. The molecule has 1 heterocycles. The molecule has 2 aromatic carbocycles. The number of nitrogens with zero attached hydrogens (tertiary/aromatic N) is 3. The van der Waals surface area contributed by atoms with Gasteiger partial charge in [-0.25, -0.2) is 0 Å². The van der Waals surface area contributed by atoms with Gasteiger partial charge >= 0.3 is 0 Å². The van der Waals surface area contributed by atoms with Gasteiger partial charge in [-0.3, -0.25) is 9.59 Å². The van der Waals surface area contributed by atoms with Crippen molar-refractivity contribution in [1.29, 1.82) is 0 Å². The van der Waals surface area contributed by atoms with Crippen molar-refractivity contribution in [3.05, 3.63) is 71.0 Å². The number of para-hydroxylation sites is 1. The van der Waals surface area contributed by atoms with Gasteiger partial charge in [-0.1, -0.05) is 60.3 Å². The minimum atomic E-state index is -0.256. The molecule has 0 aliphatic heterocycles. The topological polar surface area (TPSA) is 88.9 Å². The van der Waals surface area contributed by atoms with Gasteiger partial charge in [-0.05, 0) is 37.5 Å². The molecule has 3 rings (SSSR count). The number of hydrogen-bond acceptors (Lipinski definition) is 5. The van der Waals surface area contributed by atoms with Gasteiger partial charge in [0.25, 0.3) is 0 Å². The standard InChI is InChI=1S/C22H25N5O2S/c1-15-8-7-9-16(2)21(15)24-19(28)12-23-20(29)14-30-22-26-25-17(3)27(22)13-18-10-5-4-6-11-18/h4-11H,12-14H2,1-3H3,(H,23,29)(H,24,28). The van der Waals surface area contributed by atoms with E-state index in [-0.39, 0.29) is 24.1 Å². The molecule has 2 amide bonds. The third kappa shape index (κ3) is 5.70. The summed E-state index contributed by atoms with van der Waals surface area (Å²) in [5, 5.41) is 14.5. The van der Waals surface area contributed by atoms with Crippen molar-refractivity contribution in [2.24, 2.45) is 0 Å². The Bertz CT molecular complexity index is 1010. The number of nitrogens with one attached hydrogen (secondary N) is 2. The first-order chi connectivity index (χ1) is 14.4. The average Bonchev–Trinajstić information content (AvgIpc) is 3.08. The summed E-state index contributed by atoms with van der Waals surface area (Å²) in [5.74, 6) is 0.455. The van der Waals surface area contributed by atoms with E-state index in [1.54, 1.807) is 0 Å². The van der Waals surface area contributed by atoms with Crippen molar-refractivity contribution in [3.8, 4) is 0 Å². The maximum atomic E-state index is 12.2. The van der Waals surface area contributed by atoms with Crippen LogP contribution in [0.1, 0.15) is 22.5 Å². The Labute approximate surface area is 180 Å². The molecule has 156 valence electrons. The van der Waals surface area contributed by atoms with Gasteiger partial charge < -0.3 is 15.2 Å². The highest BCUT2D eigenvalue weighted by Crippen LogP contribution is 2.20. The van der Waals surface area contributed by atoms with Crippen molar-refractivity contribution < 1.29 is 9.59 Å². The Hall–Kier alpha value is -3.13. The predicted molar refractivity (Wildman–Crippen MR) is 119 cm³/mol. The van der Waals surface area contributed by atoms with Gasteiger partial charge in [-0.15, -0.1) is 10.2 Å². The van der Waals surface area contributed by atoms with Gasteiger partial charge in [0.15, 0.2) is 5.16 Å². The summed E-state index contributed by atoms with van der Waals surface area (Å²) in [6, 6.07) is 15.8. The molecule has 0 aliphatic rings. The van der Waals surface area contributed by atoms with Gasteiger partial charge in [-0.2, -0.15) is 0 Å². The molecule has 0 radical (unpaired) electrons. The molecule has 0 atom stereocenters. The zero-order chi connectivity index (χ0) is 21.5. The van der Waals surface area contributed by atoms with Crippen LogP contribution in [0.4, 0.5) is 5.69 Å². The summed E-state index contributed by atoms with van der Waals surface area (Å²) in [5.41, 5.74) is 3.89. The second-order valence-electron chi connectivity index (χ2n) is 6.98. The lowest BCUT2D eigenvalue weighted by Crippen LogP contribution is -2.34. The largest absolute Gasteiger partial charge is 0.346 e. The van der Waals surface area contributed by atoms with Crippen LogP contribution in [0, 0.1) is 20.8 Å². The Morgan fingerprint density at radius 1 is 0.933 bits per heavy atom. The first kappa shape index (κ1) is 21.6. The van der Waals surface area contributed by atoms with E-state index in [0.29, 0.717) is 11.7 Å². The summed E-state index contributed by atoms with van der Waals surface area (Å²) in [6.45, 7) is 6.32. The highest BCUT2D eigenvalue weighted by Gasteiger charge is 2.13. The third-order valence-electron chi connectivity index (χ3n) is 4.61. The van der Waals surface area contributed by atoms with E-state index < -0.39 is 0 Å². The highest BCUT2D eigenvalue weighted by molar-refractivity contribution is 7.99. The third-order valence-corrected chi connectivity index (χ3v) is 5.58. The van der Waals surface area contributed by atoms with E-state index >= 15 is 0 Å². The number of anilines is 1. The van der Waals surface area contributed by atoms with Gasteiger partial charge in [0.1, 0.15) is 5.82 Å². The lowest BCUT2D eigenvalue weighted by atomic mass is 10.1. The first-order valence-corrected chi connectivity index (χ1v) is 10.6. The number of rotatable bonds is 8. The molecule has 0 bridgehead atoms. The summed E-state index contributed by atoms with van der Waals surface area (Å²) < 4.78 is 1.97. The molecule has 0 saturated heterocycles. The molecule has 3 aromatic rings. The number of amides is 2. The zero-order valence-electron chi connectivity index (χ0n) is 17.3. The van der Waals surface area contributed by atoms with E-state index in [9.17, 15) is 9.59 Å². The van der Waals surface area contributed by atoms with Crippen molar-refractivity contribution in [2.75, 3.05) is 17.6 Å². The molecule has 0 fully saturated rings. The summed E-state index contributed by atoms with van der Waals surface area (Å²) >= 11 is 1.30. The fourth-order valence-corrected chi connectivity index (χ4v) is 3.78. The van der Waals surface area contributed by atoms with Crippen LogP contribution in [-0.2, 0) is 16.1 Å². The van der Waals surface area contributed by atoms with Crippen LogP contribution in [0.5, 0.6) is 0 Å². The van der Waals surface area contributed by atoms with Crippen LogP contribution in [-0.4, -0.2) is 38.9 Å². The average molecular weight is 424 g/mol. The lowest BCUT2D eigenvalue weighted by molar-refractivity contribution is -0.122. The molecule has 2 N–H and O–H groups in total. The molecule has 30 heavy (non-hydrogen) atoms. The van der Waals surface area contributed by atoms with Gasteiger partial charge in [0.2, 0.25) is 11.8 Å². The normalized spacial score (nSPS) is 10.6. The Morgan fingerprint density at radius 2 is 1.63 bits per heavy atom. The lowest BCUT2D eigenvalue weighted by Gasteiger charge is -2.12. The first-order valence-electron chi connectivity index (χ1n) is 9.63. The molecule has 0 unspecified atom stereocenters. The zero-order valence-corrected chi connectivity index (χ0v) is 18.1. The maximum Gasteiger partial charge on any atom is 0.243 e. The van der Waals surface area contributed by atoms with Crippen LogP contribution in [0.3, 0.4) is 0 Å². The minimum Gasteiger partial charge on any atom is -0.346 e. The molecule has 8 heteroatoms. The van der Waals surface area contributed by atoms with Crippen LogP contribution >= 0.6 is 11.8 Å². The number of benzene rings is 2. The number of carbonyl (C=O) groups is 2. The van der Waals surface area contributed by atoms with Gasteiger partial charge in [0, 0.05) is 5.69 Å². The molecule has 1 aromatic heterocycles. The van der Waals surface area contributed by atoms with Crippen molar-refractivity contribution in [2.45, 2.75) is 32.5 Å². The second-order valence-corrected chi connectivity index (χ2v) is 7.92. The van der Waals surface area contributed by atoms with Gasteiger partial charge in [0.05, 0.1) is 18.8 Å². The monoisotopic (exact) mass is 423 g/mol. The van der Waals surface area contributed by atoms with E-state index in [0.717, 1.165) is 28.2 Å². The van der Waals surface area contributed by atoms with Crippen LogP contribution < -0.4 is 10.6 Å². The van der Waals surface area contributed by atoms with Crippen molar-refractivity contribution >= 4 is 29.3 Å². The van der Waals surface area contributed by atoms with E-state index in [4.69, 9.17) is 0 Å². The summed E-state index contributed by atoms with van der Waals surface area (Å²) in [6.07, 6.45) is 0. The van der Waals surface area contributed by atoms with Crippen LogP contribution in [0.15, 0.2) is 53.7 Å². The minimum absolute atomic E-state index is 0.0805. The van der Waals surface area contributed by atoms with Crippen LogP contribution in [0.2, 0.25) is 0 Å². The smallest absolute Gasteiger partial charge is 0.243 e. The number of aromatic nitrogens is 3. The molecular weight excluding hydrogens is 398 g/mol. The Balaban J connectivity index is 1.50. The second kappa shape index (κ2) is 10.1. The van der Waals surface area contributed by atoms with E-state index in [1.165, 1.54) is 11.8 Å². The summed E-state index contributed by atoms with van der Waals surface area (Å²) in [7, 11) is 0. The number of aryl methyl sites for hydroxylation is 3. The number of hydrogen-bond donors (Lipinski definition) is 2. The molecule has 7 nitrogen and oxygen atoms in total. The van der Waals surface area contributed by atoms with Crippen molar-refractivity contribution in [1.82, 2.24) is 20.1 Å². The predicted octanol–water partition coefficient (Wildman–Crippen LogP) is 3.10. The van der Waals surface area contributed by atoms with E-state index in [2.05, 4.69) is 20.8 Å². The van der Waals surface area contributed by atoms with Crippen LogP contribution in [0.25, 0.3) is 0 Å².